The van der Waals surface area contributed by atoms with Gasteiger partial charge >= 0.3 is 0 Å². The molecular formula is C14H19FN2O2S. The van der Waals surface area contributed by atoms with Crippen LogP contribution in [0.3, 0.4) is 0 Å². The number of ether oxygens (including phenoxy) is 2. The summed E-state index contributed by atoms with van der Waals surface area (Å²) in [4.78, 5) is 3.04. The molecule has 0 aliphatic heterocycles. The number of aromatic nitrogens is 2. The zero-order chi connectivity index (χ0) is 14.7. The van der Waals surface area contributed by atoms with Crippen LogP contribution in [-0.4, -0.2) is 30.4 Å². The van der Waals surface area contributed by atoms with Crippen molar-refractivity contribution in [2.24, 2.45) is 0 Å². The average molecular weight is 298 g/mol. The van der Waals surface area contributed by atoms with Crippen molar-refractivity contribution in [2.75, 3.05) is 20.8 Å². The van der Waals surface area contributed by atoms with E-state index in [1.165, 1.54) is 13.2 Å². The van der Waals surface area contributed by atoms with Crippen molar-refractivity contribution in [3.8, 4) is 5.75 Å². The number of nitrogens with one attached hydrogen (secondary N) is 1. The summed E-state index contributed by atoms with van der Waals surface area (Å²) in [5, 5.41) is 0. The Balaban J connectivity index is 2.61. The molecule has 4 nitrogen and oxygen atoms in total. The summed E-state index contributed by atoms with van der Waals surface area (Å²) >= 11 is 5.37. The van der Waals surface area contributed by atoms with Gasteiger partial charge in [-0.15, -0.1) is 0 Å². The van der Waals surface area contributed by atoms with Crippen LogP contribution in [0.5, 0.6) is 5.75 Å². The molecule has 1 heterocycles. The largest absolute Gasteiger partial charge is 0.494 e. The van der Waals surface area contributed by atoms with Gasteiger partial charge in [0.2, 0.25) is 0 Å². The molecule has 0 saturated heterocycles. The number of nitrogens with zero attached hydrogens (tertiary/aromatic N) is 1. The first-order valence-electron chi connectivity index (χ1n) is 6.59. The lowest BCUT2D eigenvalue weighted by atomic mass is 10.1. The van der Waals surface area contributed by atoms with Gasteiger partial charge in [-0.3, -0.25) is 0 Å². The fraction of sp³-hybridized carbons (Fsp3) is 0.500. The minimum atomic E-state index is -0.401. The number of aromatic amines is 1. The molecule has 1 unspecified atom stereocenters. The van der Waals surface area contributed by atoms with Gasteiger partial charge in [-0.2, -0.15) is 0 Å². The Morgan fingerprint density at radius 1 is 1.40 bits per heavy atom. The second-order valence-corrected chi connectivity index (χ2v) is 5.09. The number of imidazole rings is 1. The first-order valence-corrected chi connectivity index (χ1v) is 6.99. The second-order valence-electron chi connectivity index (χ2n) is 4.70. The Bertz CT molecular complexity index is 644. The molecule has 2 aromatic rings. The van der Waals surface area contributed by atoms with Gasteiger partial charge < -0.3 is 19.0 Å². The highest BCUT2D eigenvalue weighted by Gasteiger charge is 2.17. The van der Waals surface area contributed by atoms with E-state index in [-0.39, 0.29) is 11.8 Å². The standard InChI is InChI=1S/C14H19FN2O2S/c1-4-5-9(8-18-2)17-12-7-13(19-3)10(15)6-11(12)16-14(17)20/h6-7,9H,4-5,8H2,1-3H3,(H,16,20). The lowest BCUT2D eigenvalue weighted by molar-refractivity contribution is 0.151. The zero-order valence-corrected chi connectivity index (χ0v) is 12.7. The molecule has 0 aliphatic rings. The number of hydrogen-bond acceptors (Lipinski definition) is 3. The van der Waals surface area contributed by atoms with Crippen molar-refractivity contribution in [2.45, 2.75) is 25.8 Å². The summed E-state index contributed by atoms with van der Waals surface area (Å²) in [6.07, 6.45) is 1.95. The molecule has 0 saturated carbocycles. The molecular weight excluding hydrogens is 279 g/mol. The van der Waals surface area contributed by atoms with Crippen molar-refractivity contribution in [3.63, 3.8) is 0 Å². The summed E-state index contributed by atoms with van der Waals surface area (Å²) in [5.41, 5.74) is 1.51. The smallest absolute Gasteiger partial charge is 0.178 e. The monoisotopic (exact) mass is 298 g/mol. The third-order valence-electron chi connectivity index (χ3n) is 3.34. The molecule has 1 aromatic heterocycles. The van der Waals surface area contributed by atoms with Crippen LogP contribution in [0.1, 0.15) is 25.8 Å². The van der Waals surface area contributed by atoms with Gasteiger partial charge in [0.1, 0.15) is 0 Å². The molecule has 0 aliphatic carbocycles. The summed E-state index contributed by atoms with van der Waals surface area (Å²) < 4.78 is 26.6. The molecule has 0 radical (unpaired) electrons. The third-order valence-corrected chi connectivity index (χ3v) is 3.63. The van der Waals surface area contributed by atoms with E-state index in [4.69, 9.17) is 21.7 Å². The quantitative estimate of drug-likeness (QED) is 0.824. The number of methoxy groups -OCH3 is 2. The Morgan fingerprint density at radius 3 is 2.75 bits per heavy atom. The SMILES string of the molecule is CCCC(COC)n1c(=S)[nH]c2cc(F)c(OC)cc21. The number of rotatable bonds is 6. The molecule has 1 aromatic carbocycles. The van der Waals surface area contributed by atoms with Crippen LogP contribution in [0.4, 0.5) is 4.39 Å². The molecule has 2 rings (SSSR count). The molecule has 6 heteroatoms. The van der Waals surface area contributed by atoms with E-state index in [1.807, 2.05) is 4.57 Å². The van der Waals surface area contributed by atoms with E-state index in [2.05, 4.69) is 11.9 Å². The number of halogens is 1. The van der Waals surface area contributed by atoms with Gasteiger partial charge in [0.15, 0.2) is 16.3 Å². The lowest BCUT2D eigenvalue weighted by Gasteiger charge is -2.18. The second kappa shape index (κ2) is 6.37. The first-order chi connectivity index (χ1) is 9.62. The summed E-state index contributed by atoms with van der Waals surface area (Å²) in [6, 6.07) is 3.22. The Hall–Kier alpha value is -1.40. The van der Waals surface area contributed by atoms with Crippen molar-refractivity contribution < 1.29 is 13.9 Å². The topological polar surface area (TPSA) is 39.2 Å². The van der Waals surface area contributed by atoms with Crippen LogP contribution in [0.2, 0.25) is 0 Å². The molecule has 1 N–H and O–H groups in total. The van der Waals surface area contributed by atoms with E-state index >= 15 is 0 Å². The van der Waals surface area contributed by atoms with Gasteiger partial charge in [0, 0.05) is 19.2 Å². The van der Waals surface area contributed by atoms with Crippen molar-refractivity contribution >= 4 is 23.3 Å². The maximum atomic E-state index is 13.7. The molecule has 110 valence electrons. The van der Waals surface area contributed by atoms with Crippen LogP contribution in [-0.2, 0) is 4.74 Å². The van der Waals surface area contributed by atoms with Gasteiger partial charge in [-0.25, -0.2) is 4.39 Å². The Labute approximate surface area is 122 Å². The fourth-order valence-electron chi connectivity index (χ4n) is 2.46. The fourth-order valence-corrected chi connectivity index (χ4v) is 2.82. The highest BCUT2D eigenvalue weighted by atomic mass is 32.1. The molecule has 20 heavy (non-hydrogen) atoms. The van der Waals surface area contributed by atoms with Gasteiger partial charge in [-0.05, 0) is 18.6 Å². The number of H-pyrrole nitrogens is 1. The van der Waals surface area contributed by atoms with Crippen molar-refractivity contribution in [1.82, 2.24) is 9.55 Å². The summed E-state index contributed by atoms with van der Waals surface area (Å²) in [6.45, 7) is 2.68. The van der Waals surface area contributed by atoms with E-state index in [0.29, 0.717) is 16.9 Å². The maximum absolute atomic E-state index is 13.7. The molecule has 0 fully saturated rings. The minimum absolute atomic E-state index is 0.126. The zero-order valence-electron chi connectivity index (χ0n) is 11.9. The van der Waals surface area contributed by atoms with Crippen LogP contribution in [0, 0.1) is 10.6 Å². The van der Waals surface area contributed by atoms with Crippen molar-refractivity contribution in [1.29, 1.82) is 0 Å². The number of benzene rings is 1. The van der Waals surface area contributed by atoms with E-state index in [1.54, 1.807) is 13.2 Å². The average Bonchev–Trinajstić information content (AvgIpc) is 2.72. The summed E-state index contributed by atoms with van der Waals surface area (Å²) in [7, 11) is 3.12. The minimum Gasteiger partial charge on any atom is -0.494 e. The number of hydrogen-bond donors (Lipinski definition) is 1. The van der Waals surface area contributed by atoms with Gasteiger partial charge in [0.05, 0.1) is 30.8 Å². The molecule has 0 bridgehead atoms. The summed E-state index contributed by atoms with van der Waals surface area (Å²) in [5.74, 6) is -0.185. The predicted molar refractivity (Wildman–Crippen MR) is 79.5 cm³/mol. The van der Waals surface area contributed by atoms with E-state index in [9.17, 15) is 4.39 Å². The van der Waals surface area contributed by atoms with Crippen LogP contribution < -0.4 is 4.74 Å². The predicted octanol–water partition coefficient (Wildman–Crippen LogP) is 3.83. The lowest BCUT2D eigenvalue weighted by Crippen LogP contribution is -2.14. The maximum Gasteiger partial charge on any atom is 0.178 e. The molecule has 0 amide bonds. The van der Waals surface area contributed by atoms with Crippen molar-refractivity contribution in [3.05, 3.63) is 22.7 Å². The highest BCUT2D eigenvalue weighted by molar-refractivity contribution is 7.71. The van der Waals surface area contributed by atoms with Crippen LogP contribution >= 0.6 is 12.2 Å². The third kappa shape index (κ3) is 2.71. The van der Waals surface area contributed by atoms with Gasteiger partial charge in [-0.1, -0.05) is 13.3 Å². The number of fused-ring (bicyclic) bond motifs is 1. The van der Waals surface area contributed by atoms with E-state index < -0.39 is 5.82 Å². The van der Waals surface area contributed by atoms with Crippen LogP contribution in [0.15, 0.2) is 12.1 Å². The first kappa shape index (κ1) is 15.0. The molecule has 1 atom stereocenters. The Kier molecular flexibility index (Phi) is 4.77. The van der Waals surface area contributed by atoms with Gasteiger partial charge in [0.25, 0.3) is 0 Å². The Morgan fingerprint density at radius 2 is 2.15 bits per heavy atom. The highest BCUT2D eigenvalue weighted by Crippen LogP contribution is 2.28. The normalized spacial score (nSPS) is 12.8. The molecule has 0 spiro atoms. The van der Waals surface area contributed by atoms with E-state index in [0.717, 1.165) is 18.4 Å². The van der Waals surface area contributed by atoms with Crippen LogP contribution in [0.25, 0.3) is 11.0 Å².